The summed E-state index contributed by atoms with van der Waals surface area (Å²) in [4.78, 5) is 0. The van der Waals surface area contributed by atoms with E-state index in [0.29, 0.717) is 12.1 Å². The second-order valence-electron chi connectivity index (χ2n) is 5.34. The molecule has 1 aliphatic heterocycles. The molecule has 0 spiro atoms. The van der Waals surface area contributed by atoms with Crippen molar-refractivity contribution in [2.75, 3.05) is 6.54 Å². The molecule has 18 heavy (non-hydrogen) atoms. The monoisotopic (exact) mass is 243 g/mol. The van der Waals surface area contributed by atoms with Crippen LogP contribution in [-0.4, -0.2) is 12.6 Å². The van der Waals surface area contributed by atoms with E-state index in [2.05, 4.69) is 41.7 Å². The van der Waals surface area contributed by atoms with Gasteiger partial charge in [-0.15, -0.1) is 0 Å². The number of nitrogens with one attached hydrogen (secondary N) is 1. The molecular weight excluding hydrogens is 222 g/mol. The Morgan fingerprint density at radius 1 is 1.17 bits per heavy atom. The summed E-state index contributed by atoms with van der Waals surface area (Å²) < 4.78 is 5.62. The van der Waals surface area contributed by atoms with Crippen molar-refractivity contribution in [2.24, 2.45) is 5.92 Å². The molecule has 3 rings (SSSR count). The Kier molecular flexibility index (Phi) is 3.65. The van der Waals surface area contributed by atoms with Crippen LogP contribution >= 0.6 is 0 Å². The van der Waals surface area contributed by atoms with Crippen molar-refractivity contribution in [3.8, 4) is 0 Å². The highest BCUT2D eigenvalue weighted by Crippen LogP contribution is 2.40. The lowest BCUT2D eigenvalue weighted by atomic mass is 10.0. The van der Waals surface area contributed by atoms with Crippen LogP contribution in [0.2, 0.25) is 0 Å². The molecule has 1 aromatic carbocycles. The maximum Gasteiger partial charge on any atom is 0.110 e. The molecule has 1 aromatic rings. The molecule has 2 unspecified atom stereocenters. The van der Waals surface area contributed by atoms with E-state index in [1.54, 1.807) is 0 Å². The van der Waals surface area contributed by atoms with Crippen LogP contribution in [0.3, 0.4) is 0 Å². The minimum absolute atomic E-state index is 0.347. The summed E-state index contributed by atoms with van der Waals surface area (Å²) >= 11 is 0. The Morgan fingerprint density at radius 3 is 2.67 bits per heavy atom. The summed E-state index contributed by atoms with van der Waals surface area (Å²) in [6, 6.07) is 11.3. The third-order valence-corrected chi connectivity index (χ3v) is 3.84. The molecule has 1 fully saturated rings. The molecule has 96 valence electrons. The minimum atomic E-state index is 0.347. The van der Waals surface area contributed by atoms with Gasteiger partial charge in [0.1, 0.15) is 6.10 Å². The number of hydrogen-bond donors (Lipinski definition) is 1. The molecule has 1 aliphatic carbocycles. The smallest absolute Gasteiger partial charge is 0.110 e. The van der Waals surface area contributed by atoms with Crippen molar-refractivity contribution in [2.45, 2.75) is 37.8 Å². The lowest BCUT2D eigenvalue weighted by Gasteiger charge is -2.24. The SMILES string of the molecule is C1=COC(CNC(c2ccccc2)C2CC2)CC1. The van der Waals surface area contributed by atoms with Crippen LogP contribution in [0.4, 0.5) is 0 Å². The average molecular weight is 243 g/mol. The Hall–Kier alpha value is -1.28. The van der Waals surface area contributed by atoms with E-state index in [-0.39, 0.29) is 0 Å². The molecule has 0 aromatic heterocycles. The lowest BCUT2D eigenvalue weighted by molar-refractivity contribution is 0.118. The molecule has 1 N–H and O–H groups in total. The van der Waals surface area contributed by atoms with Crippen molar-refractivity contribution < 1.29 is 4.74 Å². The Morgan fingerprint density at radius 2 is 2.00 bits per heavy atom. The maximum absolute atomic E-state index is 5.62. The molecule has 0 amide bonds. The van der Waals surface area contributed by atoms with Crippen LogP contribution in [-0.2, 0) is 4.74 Å². The Labute approximate surface area is 109 Å². The quantitative estimate of drug-likeness (QED) is 0.855. The number of ether oxygens (including phenoxy) is 1. The van der Waals surface area contributed by atoms with Crippen LogP contribution in [0.15, 0.2) is 42.7 Å². The maximum atomic E-state index is 5.62. The van der Waals surface area contributed by atoms with E-state index >= 15 is 0 Å². The normalized spacial score (nSPS) is 24.6. The first kappa shape index (κ1) is 11.8. The van der Waals surface area contributed by atoms with Crippen LogP contribution < -0.4 is 5.32 Å². The van der Waals surface area contributed by atoms with Gasteiger partial charge in [-0.2, -0.15) is 0 Å². The highest BCUT2D eigenvalue weighted by atomic mass is 16.5. The summed E-state index contributed by atoms with van der Waals surface area (Å²) in [5.74, 6) is 0.825. The van der Waals surface area contributed by atoms with E-state index in [9.17, 15) is 0 Å². The number of hydrogen-bond acceptors (Lipinski definition) is 2. The van der Waals surface area contributed by atoms with Gasteiger partial charge in [0.15, 0.2) is 0 Å². The molecule has 2 atom stereocenters. The van der Waals surface area contributed by atoms with Gasteiger partial charge in [0.2, 0.25) is 0 Å². The summed E-state index contributed by atoms with van der Waals surface area (Å²) in [5.41, 5.74) is 1.42. The first-order chi connectivity index (χ1) is 8.93. The predicted octanol–water partition coefficient (Wildman–Crippen LogP) is 3.42. The standard InChI is InChI=1S/C16H21NO/c1-2-6-13(7-3-1)16(14-9-10-14)17-12-15-8-4-5-11-18-15/h1-3,5-7,11,14-17H,4,8-10,12H2. The van der Waals surface area contributed by atoms with Crippen molar-refractivity contribution in [1.29, 1.82) is 0 Å². The second-order valence-corrected chi connectivity index (χ2v) is 5.34. The van der Waals surface area contributed by atoms with Gasteiger partial charge in [0, 0.05) is 12.6 Å². The highest BCUT2D eigenvalue weighted by molar-refractivity contribution is 5.21. The van der Waals surface area contributed by atoms with E-state index in [4.69, 9.17) is 4.74 Å². The summed E-state index contributed by atoms with van der Waals surface area (Å²) in [6.07, 6.45) is 9.30. The molecule has 1 heterocycles. The fourth-order valence-electron chi connectivity index (χ4n) is 2.64. The summed E-state index contributed by atoms with van der Waals surface area (Å²) in [6.45, 7) is 0.959. The summed E-state index contributed by atoms with van der Waals surface area (Å²) in [7, 11) is 0. The van der Waals surface area contributed by atoms with Crippen LogP contribution in [0.5, 0.6) is 0 Å². The molecule has 2 aliphatic rings. The van der Waals surface area contributed by atoms with E-state index in [0.717, 1.165) is 25.3 Å². The van der Waals surface area contributed by atoms with Crippen LogP contribution in [0, 0.1) is 5.92 Å². The van der Waals surface area contributed by atoms with Gasteiger partial charge in [-0.05, 0) is 43.2 Å². The van der Waals surface area contributed by atoms with Gasteiger partial charge in [-0.3, -0.25) is 0 Å². The van der Waals surface area contributed by atoms with Gasteiger partial charge >= 0.3 is 0 Å². The zero-order valence-electron chi connectivity index (χ0n) is 10.7. The van der Waals surface area contributed by atoms with Gasteiger partial charge in [0.25, 0.3) is 0 Å². The van der Waals surface area contributed by atoms with E-state index < -0.39 is 0 Å². The average Bonchev–Trinajstić information content (AvgIpc) is 3.26. The third kappa shape index (κ3) is 2.94. The van der Waals surface area contributed by atoms with Gasteiger partial charge < -0.3 is 10.1 Å². The molecule has 1 saturated carbocycles. The van der Waals surface area contributed by atoms with E-state index in [1.807, 2.05) is 6.26 Å². The predicted molar refractivity (Wildman–Crippen MR) is 73.2 cm³/mol. The first-order valence-corrected chi connectivity index (χ1v) is 7.02. The van der Waals surface area contributed by atoms with Gasteiger partial charge in [0.05, 0.1) is 6.26 Å². The van der Waals surface area contributed by atoms with Crippen LogP contribution in [0.25, 0.3) is 0 Å². The molecule has 0 saturated heterocycles. The fourth-order valence-corrected chi connectivity index (χ4v) is 2.64. The fraction of sp³-hybridized carbons (Fsp3) is 0.500. The summed E-state index contributed by atoms with van der Waals surface area (Å²) in [5, 5.41) is 3.71. The number of benzene rings is 1. The zero-order chi connectivity index (χ0) is 12.2. The molecule has 0 bridgehead atoms. The van der Waals surface area contributed by atoms with Crippen molar-refractivity contribution in [3.63, 3.8) is 0 Å². The zero-order valence-corrected chi connectivity index (χ0v) is 10.7. The topological polar surface area (TPSA) is 21.3 Å². The Balaban J connectivity index is 1.59. The lowest BCUT2D eigenvalue weighted by Crippen LogP contribution is -2.33. The van der Waals surface area contributed by atoms with Crippen LogP contribution in [0.1, 0.15) is 37.3 Å². The van der Waals surface area contributed by atoms with Crippen molar-refractivity contribution in [3.05, 3.63) is 48.2 Å². The molecule has 2 heteroatoms. The third-order valence-electron chi connectivity index (χ3n) is 3.84. The van der Waals surface area contributed by atoms with Crippen molar-refractivity contribution in [1.82, 2.24) is 5.32 Å². The van der Waals surface area contributed by atoms with Gasteiger partial charge in [-0.25, -0.2) is 0 Å². The minimum Gasteiger partial charge on any atom is -0.497 e. The second kappa shape index (κ2) is 5.57. The van der Waals surface area contributed by atoms with Crippen molar-refractivity contribution >= 4 is 0 Å². The largest absolute Gasteiger partial charge is 0.497 e. The first-order valence-electron chi connectivity index (χ1n) is 7.02. The molecular formula is C16H21NO. The molecule has 0 radical (unpaired) electrons. The van der Waals surface area contributed by atoms with Gasteiger partial charge in [-0.1, -0.05) is 30.3 Å². The highest BCUT2D eigenvalue weighted by Gasteiger charge is 2.32. The Bertz CT molecular complexity index is 397. The number of allylic oxidation sites excluding steroid dienone is 1. The number of rotatable bonds is 5. The van der Waals surface area contributed by atoms with E-state index in [1.165, 1.54) is 18.4 Å². The molecule has 2 nitrogen and oxygen atoms in total.